The van der Waals surface area contributed by atoms with Crippen molar-refractivity contribution in [1.82, 2.24) is 15.1 Å². The lowest BCUT2D eigenvalue weighted by molar-refractivity contribution is -0.143. The highest BCUT2D eigenvalue weighted by Gasteiger charge is 2.39. The minimum absolute atomic E-state index is 0.0634. The number of piperidine rings is 1. The first-order chi connectivity index (χ1) is 16.6. The van der Waals surface area contributed by atoms with Crippen molar-refractivity contribution in [2.75, 3.05) is 20.6 Å². The van der Waals surface area contributed by atoms with Gasteiger partial charge in [0.25, 0.3) is 0 Å². The minimum atomic E-state index is -4.99. The van der Waals surface area contributed by atoms with Crippen LogP contribution < -0.4 is 5.32 Å². The molecule has 1 aliphatic heterocycles. The van der Waals surface area contributed by atoms with Gasteiger partial charge in [0.2, 0.25) is 0 Å². The maximum absolute atomic E-state index is 13.7. The molecule has 0 spiro atoms. The van der Waals surface area contributed by atoms with Gasteiger partial charge >= 0.3 is 18.4 Å². The summed E-state index contributed by atoms with van der Waals surface area (Å²) in [4.78, 5) is 16.2. The van der Waals surface area contributed by atoms with Gasteiger partial charge in [-0.05, 0) is 80.8 Å². The molecule has 36 heavy (non-hydrogen) atoms. The van der Waals surface area contributed by atoms with Crippen molar-refractivity contribution in [2.24, 2.45) is 0 Å². The largest absolute Gasteiger partial charge is 0.416 e. The molecule has 1 N–H and O–H groups in total. The van der Waals surface area contributed by atoms with E-state index in [0.717, 1.165) is 10.5 Å². The number of likely N-dealkylation sites (tertiary alicyclic amines) is 1. The van der Waals surface area contributed by atoms with Gasteiger partial charge in [-0.25, -0.2) is 9.18 Å². The molecule has 3 atom stereocenters. The summed E-state index contributed by atoms with van der Waals surface area (Å²) in [5.41, 5.74) is -1.79. The first-order valence-electron chi connectivity index (χ1n) is 11.4. The maximum Gasteiger partial charge on any atom is 0.416 e. The van der Waals surface area contributed by atoms with Crippen LogP contribution in [0.4, 0.5) is 35.5 Å². The van der Waals surface area contributed by atoms with Crippen LogP contribution in [0.25, 0.3) is 0 Å². The number of rotatable bonds is 4. The summed E-state index contributed by atoms with van der Waals surface area (Å²) in [5.74, 6) is -0.425. The van der Waals surface area contributed by atoms with Gasteiger partial charge in [0, 0.05) is 19.6 Å². The van der Waals surface area contributed by atoms with Crippen molar-refractivity contribution in [3.8, 4) is 0 Å². The lowest BCUT2D eigenvalue weighted by atomic mass is 9.89. The topological polar surface area (TPSA) is 35.6 Å². The summed E-state index contributed by atoms with van der Waals surface area (Å²) < 4.78 is 93.7. The molecule has 2 aromatic carbocycles. The van der Waals surface area contributed by atoms with E-state index >= 15 is 0 Å². The van der Waals surface area contributed by atoms with Crippen molar-refractivity contribution in [3.63, 3.8) is 0 Å². The molecule has 0 saturated carbocycles. The second-order valence-corrected chi connectivity index (χ2v) is 9.13. The zero-order valence-corrected chi connectivity index (χ0v) is 20.3. The maximum atomic E-state index is 13.7. The number of nitrogens with one attached hydrogen (secondary N) is 1. The zero-order chi connectivity index (χ0) is 27.0. The third-order valence-electron chi connectivity index (χ3n) is 6.82. The number of aryl methyl sites for hydroxylation is 1. The highest BCUT2D eigenvalue weighted by Crippen LogP contribution is 2.39. The lowest BCUT2D eigenvalue weighted by Crippen LogP contribution is -2.50. The molecule has 1 aliphatic rings. The molecule has 1 heterocycles. The summed E-state index contributed by atoms with van der Waals surface area (Å²) in [6.07, 6.45) is -8.86. The van der Waals surface area contributed by atoms with Gasteiger partial charge in [-0.3, -0.25) is 0 Å². The molecule has 0 aromatic heterocycles. The average Bonchev–Trinajstić information content (AvgIpc) is 2.81. The van der Waals surface area contributed by atoms with Crippen LogP contribution >= 0.6 is 0 Å². The third kappa shape index (κ3) is 5.93. The van der Waals surface area contributed by atoms with Crippen molar-refractivity contribution in [2.45, 2.75) is 57.2 Å². The molecule has 1 fully saturated rings. The smallest absolute Gasteiger partial charge is 0.321 e. The molecular formula is C25H28F7N3O. The van der Waals surface area contributed by atoms with Crippen LogP contribution in [-0.4, -0.2) is 42.5 Å². The van der Waals surface area contributed by atoms with Crippen LogP contribution in [0, 0.1) is 12.7 Å². The molecule has 0 radical (unpaired) electrons. The Labute approximate surface area is 205 Å². The highest BCUT2D eigenvalue weighted by atomic mass is 19.4. The van der Waals surface area contributed by atoms with E-state index in [9.17, 15) is 35.5 Å². The van der Waals surface area contributed by atoms with Gasteiger partial charge in [0.05, 0.1) is 23.2 Å². The number of urea groups is 1. The Kier molecular flexibility index (Phi) is 7.92. The Morgan fingerprint density at radius 1 is 1.06 bits per heavy atom. The summed E-state index contributed by atoms with van der Waals surface area (Å²) in [7, 11) is 3.13. The van der Waals surface area contributed by atoms with E-state index in [2.05, 4.69) is 5.32 Å². The van der Waals surface area contributed by atoms with E-state index in [1.165, 1.54) is 26.1 Å². The molecule has 3 rings (SSSR count). The van der Waals surface area contributed by atoms with Gasteiger partial charge in [0.1, 0.15) is 5.82 Å². The van der Waals surface area contributed by atoms with Crippen LogP contribution in [0.2, 0.25) is 0 Å². The number of carbonyl (C=O) groups excluding carboxylic acids is 1. The van der Waals surface area contributed by atoms with Crippen LogP contribution in [0.1, 0.15) is 59.7 Å². The average molecular weight is 520 g/mol. The normalized spacial score (nSPS) is 19.8. The molecule has 2 aromatic rings. The summed E-state index contributed by atoms with van der Waals surface area (Å²) in [5, 5.41) is 3.17. The van der Waals surface area contributed by atoms with E-state index in [0.29, 0.717) is 37.1 Å². The number of hydrogen-bond donors (Lipinski definition) is 1. The predicted octanol–water partition coefficient (Wildman–Crippen LogP) is 6.71. The molecule has 2 unspecified atom stereocenters. The second kappa shape index (κ2) is 10.3. The Bertz CT molecular complexity index is 1070. The molecule has 4 nitrogen and oxygen atoms in total. The fourth-order valence-electron chi connectivity index (χ4n) is 4.58. The Morgan fingerprint density at radius 2 is 1.64 bits per heavy atom. The van der Waals surface area contributed by atoms with E-state index in [-0.39, 0.29) is 17.7 Å². The molecule has 2 amide bonds. The molecular weight excluding hydrogens is 491 g/mol. The number of alkyl halides is 6. The highest BCUT2D eigenvalue weighted by molar-refractivity contribution is 5.75. The molecule has 11 heteroatoms. The predicted molar refractivity (Wildman–Crippen MR) is 121 cm³/mol. The molecule has 0 bridgehead atoms. The van der Waals surface area contributed by atoms with E-state index < -0.39 is 47.4 Å². The van der Waals surface area contributed by atoms with Crippen molar-refractivity contribution >= 4 is 6.03 Å². The number of nitrogens with zero attached hydrogens (tertiary/aromatic N) is 2. The lowest BCUT2D eigenvalue weighted by Gasteiger charge is -2.43. The minimum Gasteiger partial charge on any atom is -0.321 e. The number of carbonyl (C=O) groups is 1. The standard InChI is InChI=1S/C25H28F7N3O/c1-14-9-19(26)5-6-21(14)22-13-20(33-3)7-8-35(22)23(36)34(4)15(2)16-10-17(24(27,28)29)12-18(11-16)25(30,31)32/h5-6,9-12,15,20,22,33H,7-8,13H2,1-4H3/t15-,20?,22?/m1/s1. The molecule has 1 saturated heterocycles. The van der Waals surface area contributed by atoms with E-state index in [1.54, 1.807) is 24.9 Å². The Morgan fingerprint density at radius 3 is 2.14 bits per heavy atom. The zero-order valence-electron chi connectivity index (χ0n) is 20.3. The number of hydrogen-bond acceptors (Lipinski definition) is 2. The van der Waals surface area contributed by atoms with Crippen LogP contribution in [0.5, 0.6) is 0 Å². The Hall–Kier alpha value is -2.82. The van der Waals surface area contributed by atoms with Crippen molar-refractivity contribution in [1.29, 1.82) is 0 Å². The third-order valence-corrected chi connectivity index (χ3v) is 6.82. The van der Waals surface area contributed by atoms with Crippen molar-refractivity contribution in [3.05, 3.63) is 70.0 Å². The molecule has 0 aliphatic carbocycles. The van der Waals surface area contributed by atoms with E-state index in [4.69, 9.17) is 0 Å². The van der Waals surface area contributed by atoms with Crippen LogP contribution in [0.3, 0.4) is 0 Å². The number of benzene rings is 2. The first-order valence-corrected chi connectivity index (χ1v) is 11.4. The summed E-state index contributed by atoms with van der Waals surface area (Å²) in [6.45, 7) is 3.41. The van der Waals surface area contributed by atoms with Crippen LogP contribution in [-0.2, 0) is 12.4 Å². The fourth-order valence-corrected chi connectivity index (χ4v) is 4.58. The van der Waals surface area contributed by atoms with Gasteiger partial charge in [0.15, 0.2) is 0 Å². The first kappa shape index (κ1) is 27.8. The Balaban J connectivity index is 1.96. The van der Waals surface area contributed by atoms with Gasteiger partial charge in [-0.15, -0.1) is 0 Å². The number of amides is 2. The summed E-state index contributed by atoms with van der Waals surface area (Å²) >= 11 is 0. The SMILES string of the molecule is CNC1CCN(C(=O)N(C)[C@H](C)c2cc(C(F)(F)F)cc(C(F)(F)F)c2)C(c2ccc(F)cc2C)C1. The number of halogens is 7. The van der Waals surface area contributed by atoms with E-state index in [1.807, 2.05) is 0 Å². The van der Waals surface area contributed by atoms with Crippen LogP contribution in [0.15, 0.2) is 36.4 Å². The second-order valence-electron chi connectivity index (χ2n) is 9.13. The van der Waals surface area contributed by atoms with Gasteiger partial charge in [-0.1, -0.05) is 6.07 Å². The monoisotopic (exact) mass is 519 g/mol. The molecule has 198 valence electrons. The fraction of sp³-hybridized carbons (Fsp3) is 0.480. The summed E-state index contributed by atoms with van der Waals surface area (Å²) in [6, 6.07) is 3.57. The van der Waals surface area contributed by atoms with Gasteiger partial charge in [-0.2, -0.15) is 26.3 Å². The van der Waals surface area contributed by atoms with Gasteiger partial charge < -0.3 is 15.1 Å². The quantitative estimate of drug-likeness (QED) is 0.456. The van der Waals surface area contributed by atoms with Crippen molar-refractivity contribution < 1.29 is 35.5 Å².